The van der Waals surface area contributed by atoms with E-state index >= 15 is 0 Å². The number of unbranched alkanes of at least 4 members (excludes halogenated alkanes) is 3. The summed E-state index contributed by atoms with van der Waals surface area (Å²) in [6.45, 7) is 8.54. The number of hydrogen-bond acceptors (Lipinski definition) is 1. The number of nitrogen functional groups attached to an aromatic ring is 1. The molecular formula is C14H25N. The molecule has 1 nitrogen and oxygen atoms in total. The number of hydrogen-bond donors (Lipinski definition) is 1. The van der Waals surface area contributed by atoms with Crippen molar-refractivity contribution in [2.45, 2.75) is 53.4 Å². The summed E-state index contributed by atoms with van der Waals surface area (Å²) in [5, 5.41) is 0. The lowest BCUT2D eigenvalue weighted by Crippen LogP contribution is -1.88. The Hall–Kier alpha value is -0.980. The molecule has 1 aromatic rings. The highest BCUT2D eigenvalue weighted by molar-refractivity contribution is 5.47. The van der Waals surface area contributed by atoms with Crippen molar-refractivity contribution in [2.24, 2.45) is 0 Å². The molecule has 0 spiro atoms. The lowest BCUT2D eigenvalue weighted by molar-refractivity contribution is 0.702. The molecule has 15 heavy (non-hydrogen) atoms. The maximum atomic E-state index is 5.59. The van der Waals surface area contributed by atoms with E-state index < -0.39 is 0 Å². The molecule has 86 valence electrons. The Balaban J connectivity index is 0.000000288. The SMILES string of the molecule is CCCCCC.Cc1ccc(N)c(C)c1. The molecule has 0 bridgehead atoms. The molecule has 1 rings (SSSR count). The van der Waals surface area contributed by atoms with Crippen molar-refractivity contribution in [2.75, 3.05) is 5.73 Å². The van der Waals surface area contributed by atoms with Crippen molar-refractivity contribution in [3.63, 3.8) is 0 Å². The molecule has 0 amide bonds. The van der Waals surface area contributed by atoms with Crippen LogP contribution >= 0.6 is 0 Å². The molecule has 0 aliphatic heterocycles. The summed E-state index contributed by atoms with van der Waals surface area (Å²) in [6.07, 6.45) is 5.54. The van der Waals surface area contributed by atoms with E-state index in [-0.39, 0.29) is 0 Å². The molecule has 1 heteroatoms. The third-order valence-corrected chi connectivity index (χ3v) is 2.38. The van der Waals surface area contributed by atoms with Crippen LogP contribution in [0.1, 0.15) is 50.7 Å². The highest BCUT2D eigenvalue weighted by atomic mass is 14.5. The fraction of sp³-hybridized carbons (Fsp3) is 0.571. The van der Waals surface area contributed by atoms with Crippen LogP contribution in [0, 0.1) is 13.8 Å². The topological polar surface area (TPSA) is 26.0 Å². The van der Waals surface area contributed by atoms with E-state index in [1.165, 1.54) is 31.2 Å². The van der Waals surface area contributed by atoms with Gasteiger partial charge in [-0.15, -0.1) is 0 Å². The van der Waals surface area contributed by atoms with Gasteiger partial charge in [-0.05, 0) is 25.5 Å². The highest BCUT2D eigenvalue weighted by Gasteiger charge is 1.89. The van der Waals surface area contributed by atoms with Crippen LogP contribution in [0.15, 0.2) is 18.2 Å². The minimum absolute atomic E-state index is 0.876. The van der Waals surface area contributed by atoms with Gasteiger partial charge in [0.1, 0.15) is 0 Å². The molecule has 2 N–H and O–H groups in total. The van der Waals surface area contributed by atoms with Gasteiger partial charge >= 0.3 is 0 Å². The second-order valence-electron chi connectivity index (χ2n) is 4.07. The van der Waals surface area contributed by atoms with Gasteiger partial charge < -0.3 is 5.73 Å². The normalized spacial score (nSPS) is 9.33. The maximum absolute atomic E-state index is 5.59. The first-order chi connectivity index (χ1) is 7.11. The fourth-order valence-electron chi connectivity index (χ4n) is 1.33. The van der Waals surface area contributed by atoms with Gasteiger partial charge in [0, 0.05) is 5.69 Å². The van der Waals surface area contributed by atoms with Gasteiger partial charge in [0.2, 0.25) is 0 Å². The highest BCUT2D eigenvalue weighted by Crippen LogP contribution is 2.10. The van der Waals surface area contributed by atoms with E-state index in [1.807, 2.05) is 19.1 Å². The summed E-state index contributed by atoms with van der Waals surface area (Å²) < 4.78 is 0. The number of anilines is 1. The molecule has 0 fully saturated rings. The number of benzene rings is 1. The lowest BCUT2D eigenvalue weighted by atomic mass is 10.1. The first kappa shape index (κ1) is 14.0. The van der Waals surface area contributed by atoms with E-state index in [0.29, 0.717) is 0 Å². The molecule has 0 unspecified atom stereocenters. The fourth-order valence-corrected chi connectivity index (χ4v) is 1.33. The molecule has 1 aromatic carbocycles. The lowest BCUT2D eigenvalue weighted by Gasteiger charge is -1.98. The Morgan fingerprint density at radius 1 is 1.00 bits per heavy atom. The summed E-state index contributed by atoms with van der Waals surface area (Å²) in [7, 11) is 0. The average Bonchev–Trinajstić information content (AvgIpc) is 2.22. The first-order valence-corrected chi connectivity index (χ1v) is 5.94. The van der Waals surface area contributed by atoms with E-state index in [1.54, 1.807) is 0 Å². The van der Waals surface area contributed by atoms with Crippen molar-refractivity contribution in [1.29, 1.82) is 0 Å². The van der Waals surface area contributed by atoms with Crippen molar-refractivity contribution in [3.8, 4) is 0 Å². The second kappa shape index (κ2) is 8.34. The molecule has 0 heterocycles. The van der Waals surface area contributed by atoms with Crippen LogP contribution in [0.4, 0.5) is 5.69 Å². The van der Waals surface area contributed by atoms with Gasteiger partial charge in [0.15, 0.2) is 0 Å². The van der Waals surface area contributed by atoms with Crippen LogP contribution in [0.25, 0.3) is 0 Å². The third kappa shape index (κ3) is 7.01. The minimum Gasteiger partial charge on any atom is -0.399 e. The molecule has 0 saturated heterocycles. The standard InChI is InChI=1S/C8H11N.C6H14/c1-6-3-4-8(9)7(2)5-6;1-3-5-6-4-2/h3-5H,9H2,1-2H3;3-6H2,1-2H3. The Morgan fingerprint density at radius 3 is 1.87 bits per heavy atom. The van der Waals surface area contributed by atoms with Gasteiger partial charge in [-0.2, -0.15) is 0 Å². The van der Waals surface area contributed by atoms with Gasteiger partial charge in [-0.25, -0.2) is 0 Å². The summed E-state index contributed by atoms with van der Waals surface area (Å²) in [6, 6.07) is 6.03. The molecule has 0 aromatic heterocycles. The predicted octanol–water partition coefficient (Wildman–Crippen LogP) is 4.47. The monoisotopic (exact) mass is 207 g/mol. The number of rotatable bonds is 3. The minimum atomic E-state index is 0.876. The van der Waals surface area contributed by atoms with Crippen LogP contribution in [0.5, 0.6) is 0 Å². The van der Waals surface area contributed by atoms with Gasteiger partial charge in [-0.3, -0.25) is 0 Å². The zero-order valence-corrected chi connectivity index (χ0v) is 10.6. The van der Waals surface area contributed by atoms with E-state index in [4.69, 9.17) is 5.73 Å². The molecule has 0 radical (unpaired) electrons. The van der Waals surface area contributed by atoms with Crippen molar-refractivity contribution < 1.29 is 0 Å². The van der Waals surface area contributed by atoms with E-state index in [2.05, 4.69) is 26.8 Å². The molecule has 0 aliphatic carbocycles. The molecule has 0 aliphatic rings. The van der Waals surface area contributed by atoms with Crippen LogP contribution in [0.3, 0.4) is 0 Å². The van der Waals surface area contributed by atoms with Crippen LogP contribution in [-0.2, 0) is 0 Å². The Bertz CT molecular complexity index is 262. The van der Waals surface area contributed by atoms with Crippen LogP contribution in [0.2, 0.25) is 0 Å². The van der Waals surface area contributed by atoms with Crippen LogP contribution < -0.4 is 5.73 Å². The summed E-state index contributed by atoms with van der Waals surface area (Å²) >= 11 is 0. The van der Waals surface area contributed by atoms with Gasteiger partial charge in [-0.1, -0.05) is 57.2 Å². The first-order valence-electron chi connectivity index (χ1n) is 5.94. The van der Waals surface area contributed by atoms with E-state index in [9.17, 15) is 0 Å². The van der Waals surface area contributed by atoms with Gasteiger partial charge in [0.25, 0.3) is 0 Å². The molecular weight excluding hydrogens is 182 g/mol. The largest absolute Gasteiger partial charge is 0.399 e. The Labute approximate surface area is 94.7 Å². The van der Waals surface area contributed by atoms with Gasteiger partial charge in [0.05, 0.1) is 0 Å². The van der Waals surface area contributed by atoms with Crippen molar-refractivity contribution >= 4 is 5.69 Å². The predicted molar refractivity (Wildman–Crippen MR) is 70.1 cm³/mol. The van der Waals surface area contributed by atoms with E-state index in [0.717, 1.165) is 11.3 Å². The maximum Gasteiger partial charge on any atom is 0.0343 e. The zero-order chi connectivity index (χ0) is 11.7. The summed E-state index contributed by atoms with van der Waals surface area (Å²) in [4.78, 5) is 0. The average molecular weight is 207 g/mol. The smallest absolute Gasteiger partial charge is 0.0343 e. The Kier molecular flexibility index (Phi) is 7.79. The van der Waals surface area contributed by atoms with Crippen LogP contribution in [-0.4, -0.2) is 0 Å². The Morgan fingerprint density at radius 2 is 1.53 bits per heavy atom. The number of aryl methyl sites for hydroxylation is 2. The number of nitrogens with two attached hydrogens (primary N) is 1. The third-order valence-electron chi connectivity index (χ3n) is 2.38. The summed E-state index contributed by atoms with van der Waals surface area (Å²) in [5.74, 6) is 0. The summed E-state index contributed by atoms with van der Waals surface area (Å²) in [5.41, 5.74) is 8.89. The van der Waals surface area contributed by atoms with Crippen molar-refractivity contribution in [3.05, 3.63) is 29.3 Å². The quantitative estimate of drug-likeness (QED) is 0.574. The molecule has 0 atom stereocenters. The zero-order valence-electron chi connectivity index (χ0n) is 10.6. The molecule has 0 saturated carbocycles. The van der Waals surface area contributed by atoms with Crippen molar-refractivity contribution in [1.82, 2.24) is 0 Å². The second-order valence-corrected chi connectivity index (χ2v) is 4.07.